The maximum Gasteiger partial charge on any atom is 0.335 e. The predicted molar refractivity (Wildman–Crippen MR) is 109 cm³/mol. The van der Waals surface area contributed by atoms with E-state index in [9.17, 15) is 18.4 Å². The van der Waals surface area contributed by atoms with Crippen molar-refractivity contribution in [2.75, 3.05) is 0 Å². The summed E-state index contributed by atoms with van der Waals surface area (Å²) in [5.74, 6) is -2.38. The van der Waals surface area contributed by atoms with Crippen LogP contribution in [0.15, 0.2) is 73.3 Å². The van der Waals surface area contributed by atoms with Crippen LogP contribution in [0.2, 0.25) is 0 Å². The van der Waals surface area contributed by atoms with E-state index in [4.69, 9.17) is 9.47 Å². The molecule has 0 atom stereocenters. The summed E-state index contributed by atoms with van der Waals surface area (Å²) in [6.45, 7) is 4.99. The van der Waals surface area contributed by atoms with Crippen LogP contribution in [-0.2, 0) is 9.59 Å². The molecule has 0 saturated carbocycles. The van der Waals surface area contributed by atoms with E-state index in [1.54, 1.807) is 19.1 Å². The molecule has 3 aromatic rings. The molecule has 0 aliphatic carbocycles. The van der Waals surface area contributed by atoms with E-state index in [0.717, 1.165) is 6.08 Å². The second kappa shape index (κ2) is 9.13. The lowest BCUT2D eigenvalue weighted by Gasteiger charge is -2.10. The van der Waals surface area contributed by atoms with Crippen LogP contribution in [-0.4, -0.2) is 11.9 Å². The van der Waals surface area contributed by atoms with Crippen molar-refractivity contribution in [3.8, 4) is 33.8 Å². The zero-order valence-corrected chi connectivity index (χ0v) is 16.2. The van der Waals surface area contributed by atoms with Crippen LogP contribution in [0.4, 0.5) is 8.78 Å². The van der Waals surface area contributed by atoms with Gasteiger partial charge in [-0.15, -0.1) is 0 Å². The second-order valence-corrected chi connectivity index (χ2v) is 6.29. The first-order chi connectivity index (χ1) is 14.4. The number of carbonyl (C=O) groups is 2. The summed E-state index contributed by atoms with van der Waals surface area (Å²) in [6.07, 6.45) is 1.27. The van der Waals surface area contributed by atoms with Gasteiger partial charge < -0.3 is 9.47 Å². The third kappa shape index (κ3) is 4.60. The zero-order chi connectivity index (χ0) is 21.7. The summed E-state index contributed by atoms with van der Waals surface area (Å²) >= 11 is 0. The molecule has 152 valence electrons. The smallest absolute Gasteiger partial charge is 0.335 e. The Hall–Kier alpha value is -3.80. The third-order valence-electron chi connectivity index (χ3n) is 4.32. The van der Waals surface area contributed by atoms with Crippen molar-refractivity contribution in [1.29, 1.82) is 0 Å². The van der Waals surface area contributed by atoms with Gasteiger partial charge in [-0.05, 0) is 35.4 Å². The van der Waals surface area contributed by atoms with Crippen LogP contribution in [0.5, 0.6) is 11.5 Å². The average Bonchev–Trinajstić information content (AvgIpc) is 2.77. The molecular weight excluding hydrogens is 390 g/mol. The lowest BCUT2D eigenvalue weighted by atomic mass is 9.98. The summed E-state index contributed by atoms with van der Waals surface area (Å²) in [7, 11) is 0. The van der Waals surface area contributed by atoms with E-state index in [1.807, 2.05) is 0 Å². The fourth-order valence-corrected chi connectivity index (χ4v) is 2.76. The van der Waals surface area contributed by atoms with Crippen molar-refractivity contribution in [3.63, 3.8) is 0 Å². The van der Waals surface area contributed by atoms with Gasteiger partial charge in [-0.1, -0.05) is 49.9 Å². The Kier molecular flexibility index (Phi) is 6.37. The van der Waals surface area contributed by atoms with Crippen LogP contribution < -0.4 is 9.47 Å². The van der Waals surface area contributed by atoms with Crippen molar-refractivity contribution in [3.05, 3.63) is 85.0 Å². The molecule has 0 bridgehead atoms. The number of rotatable bonds is 6. The Balaban J connectivity index is 1.86. The topological polar surface area (TPSA) is 52.6 Å². The highest BCUT2D eigenvalue weighted by Gasteiger charge is 2.16. The van der Waals surface area contributed by atoms with Crippen LogP contribution in [0.3, 0.4) is 0 Å². The van der Waals surface area contributed by atoms with Gasteiger partial charge in [0.05, 0.1) is 0 Å². The first kappa shape index (κ1) is 20.9. The number of hydrogen-bond donors (Lipinski definition) is 0. The minimum Gasteiger partial charge on any atom is -0.427 e. The molecule has 0 spiro atoms. The van der Waals surface area contributed by atoms with E-state index in [2.05, 4.69) is 6.58 Å². The number of ether oxygens (including phenoxy) is 2. The fraction of sp³-hybridized carbons (Fsp3) is 0.0833. The predicted octanol–water partition coefficient (Wildman–Crippen LogP) is 5.71. The normalized spacial score (nSPS) is 10.4. The minimum absolute atomic E-state index is 0.0753. The van der Waals surface area contributed by atoms with E-state index in [-0.39, 0.29) is 29.3 Å². The largest absolute Gasteiger partial charge is 0.427 e. The maximum atomic E-state index is 14.8. The first-order valence-electron chi connectivity index (χ1n) is 9.16. The lowest BCUT2D eigenvalue weighted by molar-refractivity contribution is -0.134. The van der Waals surface area contributed by atoms with Crippen LogP contribution in [0.25, 0.3) is 22.3 Å². The van der Waals surface area contributed by atoms with E-state index in [1.165, 1.54) is 48.5 Å². The number of esters is 2. The van der Waals surface area contributed by atoms with Crippen molar-refractivity contribution in [2.24, 2.45) is 0 Å². The molecule has 0 N–H and O–H groups in total. The van der Waals surface area contributed by atoms with Gasteiger partial charge in [0.15, 0.2) is 11.6 Å². The number of carbonyl (C=O) groups excluding carboxylic acids is 2. The molecule has 3 aromatic carbocycles. The van der Waals surface area contributed by atoms with E-state index in [0.29, 0.717) is 16.9 Å². The first-order valence-corrected chi connectivity index (χ1v) is 9.16. The minimum atomic E-state index is -0.996. The Morgan fingerprint density at radius 3 is 1.63 bits per heavy atom. The molecule has 6 heteroatoms. The molecule has 3 rings (SSSR count). The zero-order valence-electron chi connectivity index (χ0n) is 16.2. The highest BCUT2D eigenvalue weighted by atomic mass is 19.2. The Labute approximate surface area is 172 Å². The van der Waals surface area contributed by atoms with Crippen molar-refractivity contribution in [1.82, 2.24) is 0 Å². The SMILES string of the molecule is C=CC(=O)Oc1ccc(-c2ccc(-c3ccc(OC(=O)CC)cc3)c(F)c2F)cc1. The van der Waals surface area contributed by atoms with Gasteiger partial charge in [-0.25, -0.2) is 13.6 Å². The van der Waals surface area contributed by atoms with Gasteiger partial charge in [0, 0.05) is 23.6 Å². The molecule has 0 radical (unpaired) electrons. The highest BCUT2D eigenvalue weighted by Crippen LogP contribution is 2.33. The van der Waals surface area contributed by atoms with Crippen LogP contribution >= 0.6 is 0 Å². The maximum absolute atomic E-state index is 14.8. The van der Waals surface area contributed by atoms with Gasteiger partial charge >= 0.3 is 11.9 Å². The molecule has 4 nitrogen and oxygen atoms in total. The Morgan fingerprint density at radius 1 is 0.800 bits per heavy atom. The number of halogens is 2. The van der Waals surface area contributed by atoms with E-state index < -0.39 is 17.6 Å². The molecule has 0 amide bonds. The van der Waals surface area contributed by atoms with Gasteiger partial charge in [-0.3, -0.25) is 4.79 Å². The van der Waals surface area contributed by atoms with Crippen molar-refractivity contribution >= 4 is 11.9 Å². The average molecular weight is 408 g/mol. The molecule has 0 saturated heterocycles. The summed E-state index contributed by atoms with van der Waals surface area (Å²) in [4.78, 5) is 22.6. The third-order valence-corrected chi connectivity index (χ3v) is 4.32. The molecule has 0 aliphatic heterocycles. The van der Waals surface area contributed by atoms with Gasteiger partial charge in [0.1, 0.15) is 11.5 Å². The monoisotopic (exact) mass is 408 g/mol. The van der Waals surface area contributed by atoms with Gasteiger partial charge in [0.25, 0.3) is 0 Å². The van der Waals surface area contributed by atoms with Crippen molar-refractivity contribution < 1.29 is 27.8 Å². The Morgan fingerprint density at radius 2 is 1.23 bits per heavy atom. The Bertz CT molecular complexity index is 1090. The summed E-state index contributed by atoms with van der Waals surface area (Å²) in [5, 5.41) is 0. The molecule has 0 aliphatic rings. The van der Waals surface area contributed by atoms with Gasteiger partial charge in [0.2, 0.25) is 0 Å². The molecule has 0 unspecified atom stereocenters. The fourth-order valence-electron chi connectivity index (χ4n) is 2.76. The number of benzene rings is 3. The van der Waals surface area contributed by atoms with Gasteiger partial charge in [-0.2, -0.15) is 0 Å². The van der Waals surface area contributed by atoms with Crippen LogP contribution in [0, 0.1) is 11.6 Å². The second-order valence-electron chi connectivity index (χ2n) is 6.29. The lowest BCUT2D eigenvalue weighted by Crippen LogP contribution is -2.05. The standard InChI is InChI=1S/C24H18F2O4/c1-3-21(27)29-17-9-5-15(6-10-17)19-13-14-20(24(26)23(19)25)16-7-11-18(12-8-16)30-22(28)4-2/h3,5-14H,1,4H2,2H3. The van der Waals surface area contributed by atoms with E-state index >= 15 is 0 Å². The molecular formula is C24H18F2O4. The summed E-state index contributed by atoms with van der Waals surface area (Å²) < 4.78 is 39.6. The quantitative estimate of drug-likeness (QED) is 0.298. The summed E-state index contributed by atoms with van der Waals surface area (Å²) in [6, 6.07) is 15.1. The molecule has 0 heterocycles. The molecule has 30 heavy (non-hydrogen) atoms. The molecule has 0 fully saturated rings. The van der Waals surface area contributed by atoms with Crippen molar-refractivity contribution in [2.45, 2.75) is 13.3 Å². The summed E-state index contributed by atoms with van der Waals surface area (Å²) in [5.41, 5.74) is 1.03. The molecule has 0 aromatic heterocycles. The number of hydrogen-bond acceptors (Lipinski definition) is 4. The highest BCUT2D eigenvalue weighted by molar-refractivity contribution is 5.83. The van der Waals surface area contributed by atoms with Crippen LogP contribution in [0.1, 0.15) is 13.3 Å².